The van der Waals surface area contributed by atoms with Gasteiger partial charge >= 0.3 is 6.61 Å². The van der Waals surface area contributed by atoms with Crippen molar-refractivity contribution in [1.82, 2.24) is 9.80 Å². The van der Waals surface area contributed by atoms with Gasteiger partial charge in [0.15, 0.2) is 0 Å². The largest absolute Gasteiger partial charge is 0.372 e. The number of allylic oxidation sites excluding steroid dienone is 1. The molecule has 0 bridgehead atoms. The van der Waals surface area contributed by atoms with E-state index < -0.39 is 6.61 Å². The third-order valence-electron chi connectivity index (χ3n) is 5.08. The van der Waals surface area contributed by atoms with E-state index in [1.165, 1.54) is 38.6 Å². The zero-order valence-electron chi connectivity index (χ0n) is 13.9. The van der Waals surface area contributed by atoms with Crippen LogP contribution in [0.2, 0.25) is 0 Å². The molecule has 5 heteroatoms. The monoisotopic (exact) mass is 316 g/mol. The van der Waals surface area contributed by atoms with E-state index in [0.717, 1.165) is 31.2 Å². The summed E-state index contributed by atoms with van der Waals surface area (Å²) in [7, 11) is 0. The first-order chi connectivity index (χ1) is 10.6. The van der Waals surface area contributed by atoms with Crippen LogP contribution < -0.4 is 0 Å². The fraction of sp³-hybridized carbons (Fsp3) is 0.882. The molecule has 1 aliphatic heterocycles. The van der Waals surface area contributed by atoms with Gasteiger partial charge in [-0.1, -0.05) is 19.3 Å². The van der Waals surface area contributed by atoms with Gasteiger partial charge in [-0.3, -0.25) is 4.90 Å². The molecule has 0 spiro atoms. The second-order valence-electron chi connectivity index (χ2n) is 6.73. The Labute approximate surface area is 133 Å². The highest BCUT2D eigenvalue weighted by Crippen LogP contribution is 2.26. The SMILES string of the molecule is C/C(=C\COC(F)F)N1CCN(CC2CCCCC2)C(C)C1. The number of rotatable bonds is 6. The molecule has 2 aliphatic rings. The lowest BCUT2D eigenvalue weighted by Gasteiger charge is -2.43. The van der Waals surface area contributed by atoms with E-state index in [1.54, 1.807) is 6.08 Å². The first kappa shape index (κ1) is 17.7. The number of alkyl halides is 2. The van der Waals surface area contributed by atoms with Gasteiger partial charge in [0, 0.05) is 37.9 Å². The number of hydrogen-bond acceptors (Lipinski definition) is 3. The maximum atomic E-state index is 12.0. The lowest BCUT2D eigenvalue weighted by Crippen LogP contribution is -2.52. The highest BCUT2D eigenvalue weighted by molar-refractivity contribution is 5.00. The molecule has 1 aliphatic carbocycles. The molecule has 0 aromatic heterocycles. The minimum Gasteiger partial charge on any atom is -0.372 e. The number of piperazine rings is 1. The summed E-state index contributed by atoms with van der Waals surface area (Å²) in [6.45, 7) is 5.81. The van der Waals surface area contributed by atoms with Gasteiger partial charge in [0.2, 0.25) is 0 Å². The van der Waals surface area contributed by atoms with E-state index in [4.69, 9.17) is 0 Å². The zero-order chi connectivity index (χ0) is 15.9. The van der Waals surface area contributed by atoms with Gasteiger partial charge in [0.25, 0.3) is 0 Å². The van der Waals surface area contributed by atoms with Crippen LogP contribution >= 0.6 is 0 Å². The van der Waals surface area contributed by atoms with Gasteiger partial charge < -0.3 is 9.64 Å². The van der Waals surface area contributed by atoms with Crippen LogP contribution in [0.5, 0.6) is 0 Å². The highest BCUT2D eigenvalue weighted by Gasteiger charge is 2.26. The smallest absolute Gasteiger partial charge is 0.345 e. The predicted molar refractivity (Wildman–Crippen MR) is 84.9 cm³/mol. The molecule has 2 fully saturated rings. The molecule has 3 nitrogen and oxygen atoms in total. The summed E-state index contributed by atoms with van der Waals surface area (Å²) in [6.07, 6.45) is 8.73. The standard InChI is InChI=1S/C17H30F2N2O/c1-14(8-11-22-17(18)19)20-9-10-21(15(2)12-20)13-16-6-4-3-5-7-16/h8,15-17H,3-7,9-13H2,1-2H3/b14-8+. The van der Waals surface area contributed by atoms with Crippen LogP contribution in [-0.4, -0.2) is 55.2 Å². The topological polar surface area (TPSA) is 15.7 Å². The summed E-state index contributed by atoms with van der Waals surface area (Å²) < 4.78 is 28.3. The van der Waals surface area contributed by atoms with Crippen LogP contribution in [0.3, 0.4) is 0 Å². The van der Waals surface area contributed by atoms with Crippen LogP contribution in [0, 0.1) is 5.92 Å². The van der Waals surface area contributed by atoms with E-state index in [9.17, 15) is 8.78 Å². The van der Waals surface area contributed by atoms with E-state index >= 15 is 0 Å². The summed E-state index contributed by atoms with van der Waals surface area (Å²) in [6, 6.07) is 0.523. The van der Waals surface area contributed by atoms with Crippen molar-refractivity contribution in [3.8, 4) is 0 Å². The van der Waals surface area contributed by atoms with E-state index in [-0.39, 0.29) is 6.61 Å². The Morgan fingerprint density at radius 2 is 1.95 bits per heavy atom. The van der Waals surface area contributed by atoms with Gasteiger partial charge in [-0.2, -0.15) is 8.78 Å². The molecular weight excluding hydrogens is 286 g/mol. The lowest BCUT2D eigenvalue weighted by molar-refractivity contribution is -0.119. The average molecular weight is 316 g/mol. The minimum absolute atomic E-state index is 0.0137. The van der Waals surface area contributed by atoms with Crippen molar-refractivity contribution in [1.29, 1.82) is 0 Å². The normalized spacial score (nSPS) is 26.0. The predicted octanol–water partition coefficient (Wildman–Crippen LogP) is 3.72. The maximum Gasteiger partial charge on any atom is 0.345 e. The number of nitrogens with zero attached hydrogens (tertiary/aromatic N) is 2. The molecule has 1 heterocycles. The second kappa shape index (κ2) is 8.82. The highest BCUT2D eigenvalue weighted by atomic mass is 19.3. The third kappa shape index (κ3) is 5.51. The molecule has 2 rings (SSSR count). The molecule has 0 amide bonds. The maximum absolute atomic E-state index is 12.0. The van der Waals surface area contributed by atoms with Crippen LogP contribution in [0.15, 0.2) is 11.8 Å². The molecule has 0 N–H and O–H groups in total. The Balaban J connectivity index is 1.76. The Morgan fingerprint density at radius 1 is 1.23 bits per heavy atom. The molecular formula is C17H30F2N2O. The lowest BCUT2D eigenvalue weighted by atomic mass is 9.88. The quantitative estimate of drug-likeness (QED) is 0.743. The van der Waals surface area contributed by atoms with E-state index in [1.807, 2.05) is 6.92 Å². The number of halogens is 2. The third-order valence-corrected chi connectivity index (χ3v) is 5.08. The van der Waals surface area contributed by atoms with Gasteiger partial charge in [-0.15, -0.1) is 0 Å². The number of hydrogen-bond donors (Lipinski definition) is 0. The number of ether oxygens (including phenoxy) is 1. The van der Waals surface area contributed by atoms with Crippen molar-refractivity contribution < 1.29 is 13.5 Å². The second-order valence-corrected chi connectivity index (χ2v) is 6.73. The Bertz CT molecular complexity index is 357. The van der Waals surface area contributed by atoms with Gasteiger partial charge in [-0.25, -0.2) is 0 Å². The fourth-order valence-electron chi connectivity index (χ4n) is 3.66. The van der Waals surface area contributed by atoms with Crippen molar-refractivity contribution in [2.45, 2.75) is 58.6 Å². The van der Waals surface area contributed by atoms with Crippen LogP contribution in [0.4, 0.5) is 8.78 Å². The van der Waals surface area contributed by atoms with Crippen molar-refractivity contribution in [3.05, 3.63) is 11.8 Å². The molecule has 0 radical (unpaired) electrons. The summed E-state index contributed by atoms with van der Waals surface area (Å²) in [5.41, 5.74) is 1.05. The molecule has 1 saturated heterocycles. The van der Waals surface area contributed by atoms with Gasteiger partial charge in [0.1, 0.15) is 0 Å². The Kier molecular flexibility index (Phi) is 7.09. The summed E-state index contributed by atoms with van der Waals surface area (Å²) in [5, 5.41) is 0. The van der Waals surface area contributed by atoms with Crippen LogP contribution in [-0.2, 0) is 4.74 Å². The molecule has 1 unspecified atom stereocenters. The molecule has 0 aromatic carbocycles. The average Bonchev–Trinajstić information content (AvgIpc) is 2.50. The van der Waals surface area contributed by atoms with Crippen molar-refractivity contribution >= 4 is 0 Å². The van der Waals surface area contributed by atoms with Gasteiger partial charge in [0.05, 0.1) is 6.61 Å². The molecule has 0 aromatic rings. The van der Waals surface area contributed by atoms with Crippen molar-refractivity contribution in [2.75, 3.05) is 32.8 Å². The van der Waals surface area contributed by atoms with Gasteiger partial charge in [-0.05, 0) is 38.7 Å². The molecule has 128 valence electrons. The van der Waals surface area contributed by atoms with Crippen molar-refractivity contribution in [3.63, 3.8) is 0 Å². The summed E-state index contributed by atoms with van der Waals surface area (Å²) in [4.78, 5) is 4.90. The van der Waals surface area contributed by atoms with Crippen LogP contribution in [0.1, 0.15) is 46.0 Å². The first-order valence-corrected chi connectivity index (χ1v) is 8.61. The van der Waals surface area contributed by atoms with Crippen LogP contribution in [0.25, 0.3) is 0 Å². The Hall–Kier alpha value is -0.680. The van der Waals surface area contributed by atoms with E-state index in [0.29, 0.717) is 6.04 Å². The molecule has 22 heavy (non-hydrogen) atoms. The molecule has 1 atom stereocenters. The summed E-state index contributed by atoms with van der Waals surface area (Å²) in [5.74, 6) is 0.874. The zero-order valence-corrected chi connectivity index (χ0v) is 13.9. The summed E-state index contributed by atoms with van der Waals surface area (Å²) >= 11 is 0. The fourth-order valence-corrected chi connectivity index (χ4v) is 3.66. The molecule has 1 saturated carbocycles. The van der Waals surface area contributed by atoms with Crippen molar-refractivity contribution in [2.24, 2.45) is 5.92 Å². The van der Waals surface area contributed by atoms with E-state index in [2.05, 4.69) is 21.5 Å². The Morgan fingerprint density at radius 3 is 2.59 bits per heavy atom. The first-order valence-electron chi connectivity index (χ1n) is 8.61. The minimum atomic E-state index is -2.68.